The van der Waals surface area contributed by atoms with Crippen molar-refractivity contribution in [2.45, 2.75) is 0 Å². The largest absolute Gasteiger partial charge is 0.368 e. The number of hydrogen-bond acceptors (Lipinski definition) is 7. The second kappa shape index (κ2) is 5.40. The van der Waals surface area contributed by atoms with Crippen LogP contribution < -0.4 is 11.1 Å². The van der Waals surface area contributed by atoms with Crippen molar-refractivity contribution in [2.75, 3.05) is 11.1 Å². The van der Waals surface area contributed by atoms with E-state index in [1.54, 1.807) is 12.1 Å². The lowest BCUT2D eigenvalue weighted by Gasteiger charge is -2.07. The highest BCUT2D eigenvalue weighted by molar-refractivity contribution is 9.10. The quantitative estimate of drug-likeness (QED) is 0.739. The average molecular weight is 351 g/mol. The van der Waals surface area contributed by atoms with Gasteiger partial charge in [0, 0.05) is 5.69 Å². The summed E-state index contributed by atoms with van der Waals surface area (Å²) in [5.74, 6) is 0.105. The van der Waals surface area contributed by atoms with Crippen LogP contribution >= 0.6 is 15.9 Å². The van der Waals surface area contributed by atoms with E-state index >= 15 is 0 Å². The lowest BCUT2D eigenvalue weighted by atomic mass is 10.3. The van der Waals surface area contributed by atoms with Crippen LogP contribution in [0.15, 0.2) is 35.3 Å². The van der Waals surface area contributed by atoms with E-state index in [4.69, 9.17) is 5.73 Å². The Kier molecular flexibility index (Phi) is 3.44. The maximum Gasteiger partial charge on any atom is 0.258 e. The van der Waals surface area contributed by atoms with Gasteiger partial charge in [-0.05, 0) is 34.1 Å². The maximum absolute atomic E-state index is 13.2. The Morgan fingerprint density at radius 2 is 2.10 bits per heavy atom. The molecule has 0 spiro atoms. The van der Waals surface area contributed by atoms with Gasteiger partial charge in [-0.15, -0.1) is 0 Å². The molecule has 0 aliphatic rings. The Bertz CT molecular complexity index is 776. The number of rotatable bonds is 3. The first kappa shape index (κ1) is 13.4. The molecule has 2 aromatic heterocycles. The van der Waals surface area contributed by atoms with E-state index in [1.807, 2.05) is 0 Å². The minimum atomic E-state index is -0.362. The molecule has 3 aromatic rings. The first-order valence-corrected chi connectivity index (χ1v) is 6.50. The molecule has 0 radical (unpaired) electrons. The summed E-state index contributed by atoms with van der Waals surface area (Å²) in [6.07, 6.45) is 2.79. The Hall–Kier alpha value is -2.62. The summed E-state index contributed by atoms with van der Waals surface area (Å²) in [5.41, 5.74) is 6.24. The van der Waals surface area contributed by atoms with Crippen LogP contribution in [0.4, 0.5) is 22.0 Å². The fourth-order valence-electron chi connectivity index (χ4n) is 1.55. The molecule has 0 fully saturated rings. The van der Waals surface area contributed by atoms with Crippen molar-refractivity contribution in [1.82, 2.24) is 29.7 Å². The van der Waals surface area contributed by atoms with E-state index in [0.29, 0.717) is 10.2 Å². The molecule has 0 aliphatic heterocycles. The zero-order chi connectivity index (χ0) is 14.8. The van der Waals surface area contributed by atoms with E-state index in [0.717, 1.165) is 0 Å². The van der Waals surface area contributed by atoms with Gasteiger partial charge in [0.05, 0.1) is 4.47 Å². The highest BCUT2D eigenvalue weighted by Gasteiger charge is 2.08. The molecule has 3 rings (SSSR count). The number of halogens is 2. The van der Waals surface area contributed by atoms with Gasteiger partial charge in [0.25, 0.3) is 5.95 Å². The van der Waals surface area contributed by atoms with Crippen molar-refractivity contribution in [1.29, 1.82) is 0 Å². The highest BCUT2D eigenvalue weighted by atomic mass is 79.9. The minimum Gasteiger partial charge on any atom is -0.368 e. The number of hydrogen-bond donors (Lipinski definition) is 2. The zero-order valence-corrected chi connectivity index (χ0v) is 12.0. The van der Waals surface area contributed by atoms with Crippen molar-refractivity contribution in [3.8, 4) is 5.95 Å². The molecule has 106 valence electrons. The summed E-state index contributed by atoms with van der Waals surface area (Å²) in [6.45, 7) is 0. The van der Waals surface area contributed by atoms with Crippen LogP contribution in [-0.4, -0.2) is 29.7 Å². The molecule has 0 saturated carbocycles. The third kappa shape index (κ3) is 2.94. The van der Waals surface area contributed by atoms with E-state index in [9.17, 15) is 4.39 Å². The lowest BCUT2D eigenvalue weighted by molar-refractivity contribution is 0.621. The fraction of sp³-hybridized carbons (Fsp3) is 0. The number of nitrogen functional groups attached to an aromatic ring is 1. The molecule has 0 bridgehead atoms. The normalized spacial score (nSPS) is 10.6. The van der Waals surface area contributed by atoms with Gasteiger partial charge in [0.15, 0.2) is 0 Å². The highest BCUT2D eigenvalue weighted by Crippen LogP contribution is 2.22. The third-order valence-corrected chi connectivity index (χ3v) is 3.05. The van der Waals surface area contributed by atoms with Crippen LogP contribution in [0.5, 0.6) is 0 Å². The topological polar surface area (TPSA) is 107 Å². The lowest BCUT2D eigenvalue weighted by Crippen LogP contribution is -2.09. The van der Waals surface area contributed by atoms with Gasteiger partial charge in [-0.2, -0.15) is 24.7 Å². The van der Waals surface area contributed by atoms with Crippen LogP contribution in [0, 0.1) is 5.82 Å². The second-order valence-corrected chi connectivity index (χ2v) is 4.77. The molecule has 0 atom stereocenters. The van der Waals surface area contributed by atoms with E-state index in [-0.39, 0.29) is 23.7 Å². The van der Waals surface area contributed by atoms with Gasteiger partial charge < -0.3 is 11.1 Å². The van der Waals surface area contributed by atoms with Crippen molar-refractivity contribution in [2.24, 2.45) is 0 Å². The molecule has 8 nitrogen and oxygen atoms in total. The predicted molar refractivity (Wildman–Crippen MR) is 76.5 cm³/mol. The molecule has 0 saturated heterocycles. The smallest absolute Gasteiger partial charge is 0.258 e. The maximum atomic E-state index is 13.2. The third-order valence-electron chi connectivity index (χ3n) is 2.44. The Morgan fingerprint density at radius 1 is 1.24 bits per heavy atom. The molecule has 1 aromatic carbocycles. The van der Waals surface area contributed by atoms with Crippen molar-refractivity contribution in [3.05, 3.63) is 41.1 Å². The molecule has 0 aliphatic carbocycles. The van der Waals surface area contributed by atoms with Gasteiger partial charge in [-0.25, -0.2) is 9.37 Å². The van der Waals surface area contributed by atoms with Crippen LogP contribution in [0.25, 0.3) is 5.95 Å². The average Bonchev–Trinajstić information content (AvgIpc) is 2.96. The Balaban J connectivity index is 1.93. The van der Waals surface area contributed by atoms with Gasteiger partial charge >= 0.3 is 0 Å². The van der Waals surface area contributed by atoms with Gasteiger partial charge in [-0.3, -0.25) is 0 Å². The number of anilines is 3. The van der Waals surface area contributed by atoms with Crippen molar-refractivity contribution >= 4 is 33.5 Å². The molecule has 21 heavy (non-hydrogen) atoms. The number of nitrogens with one attached hydrogen (secondary N) is 1. The zero-order valence-electron chi connectivity index (χ0n) is 10.4. The Morgan fingerprint density at radius 3 is 2.81 bits per heavy atom. The summed E-state index contributed by atoms with van der Waals surface area (Å²) in [5, 5.41) is 6.83. The molecular formula is C11H8BrFN8. The van der Waals surface area contributed by atoms with E-state index in [2.05, 4.69) is 46.3 Å². The van der Waals surface area contributed by atoms with Crippen LogP contribution in [-0.2, 0) is 0 Å². The first-order valence-electron chi connectivity index (χ1n) is 5.70. The molecule has 0 unspecified atom stereocenters. The number of aromatic nitrogens is 6. The van der Waals surface area contributed by atoms with E-state index in [1.165, 1.54) is 23.4 Å². The minimum absolute atomic E-state index is 0.0270. The van der Waals surface area contributed by atoms with Crippen molar-refractivity contribution in [3.63, 3.8) is 0 Å². The van der Waals surface area contributed by atoms with Gasteiger partial charge in [0.1, 0.15) is 18.5 Å². The summed E-state index contributed by atoms with van der Waals surface area (Å²) >= 11 is 3.10. The summed E-state index contributed by atoms with van der Waals surface area (Å²) < 4.78 is 14.9. The fourth-order valence-corrected chi connectivity index (χ4v) is 1.93. The number of benzene rings is 1. The molecule has 3 N–H and O–H groups in total. The molecule has 10 heteroatoms. The molecule has 2 heterocycles. The standard InChI is InChI=1S/C11H8BrFN8/c12-7-3-6(1-2-8(7)13)17-10-18-9(14)19-11(20-10)21-5-15-4-16-21/h1-5H,(H3,14,17,18,19,20). The van der Waals surface area contributed by atoms with Crippen LogP contribution in [0.2, 0.25) is 0 Å². The summed E-state index contributed by atoms with van der Waals surface area (Å²) in [4.78, 5) is 15.9. The predicted octanol–water partition coefficient (Wildman–Crippen LogP) is 1.68. The Labute approximate surface area is 126 Å². The first-order chi connectivity index (χ1) is 10.1. The van der Waals surface area contributed by atoms with E-state index < -0.39 is 0 Å². The summed E-state index contributed by atoms with van der Waals surface area (Å²) in [7, 11) is 0. The van der Waals surface area contributed by atoms with Crippen LogP contribution in [0.1, 0.15) is 0 Å². The second-order valence-electron chi connectivity index (χ2n) is 3.91. The van der Waals surface area contributed by atoms with Gasteiger partial charge in [-0.1, -0.05) is 0 Å². The SMILES string of the molecule is Nc1nc(Nc2ccc(F)c(Br)c2)nc(-n2cncn2)n1. The number of nitrogens with zero attached hydrogens (tertiary/aromatic N) is 6. The summed E-state index contributed by atoms with van der Waals surface area (Å²) in [6, 6.07) is 4.43. The van der Waals surface area contributed by atoms with Crippen LogP contribution in [0.3, 0.4) is 0 Å². The van der Waals surface area contributed by atoms with Gasteiger partial charge in [0.2, 0.25) is 11.9 Å². The molecule has 0 amide bonds. The number of nitrogens with two attached hydrogens (primary N) is 1. The van der Waals surface area contributed by atoms with Crippen molar-refractivity contribution < 1.29 is 4.39 Å². The molecular weight excluding hydrogens is 343 g/mol. The monoisotopic (exact) mass is 350 g/mol.